The van der Waals surface area contributed by atoms with Crippen LogP contribution in [0.3, 0.4) is 0 Å². The molecule has 0 fully saturated rings. The summed E-state index contributed by atoms with van der Waals surface area (Å²) in [5, 5.41) is 12.3. The predicted octanol–water partition coefficient (Wildman–Crippen LogP) is 4.55. The minimum atomic E-state index is -0.425. The van der Waals surface area contributed by atoms with Crippen LogP contribution in [0.4, 0.5) is 9.39 Å². The fourth-order valence-corrected chi connectivity index (χ4v) is 5.85. The van der Waals surface area contributed by atoms with Gasteiger partial charge in [0.1, 0.15) is 16.6 Å². The molecule has 1 atom stereocenters. The number of carbonyl (C=O) groups is 2. The number of aromatic nitrogens is 3. The van der Waals surface area contributed by atoms with E-state index in [0.29, 0.717) is 27.3 Å². The summed E-state index contributed by atoms with van der Waals surface area (Å²) < 4.78 is 25.6. The second kappa shape index (κ2) is 10.6. The molecule has 1 amide bonds. The van der Waals surface area contributed by atoms with Crippen LogP contribution in [0.5, 0.6) is 5.75 Å². The van der Waals surface area contributed by atoms with Crippen LogP contribution in [0.25, 0.3) is 0 Å². The highest BCUT2D eigenvalue weighted by molar-refractivity contribution is 7.99. The van der Waals surface area contributed by atoms with E-state index in [9.17, 15) is 14.0 Å². The highest BCUT2D eigenvalue weighted by Gasteiger charge is 2.27. The highest BCUT2D eigenvalue weighted by atomic mass is 32.2. The molecule has 0 spiro atoms. The van der Waals surface area contributed by atoms with Gasteiger partial charge in [0.05, 0.1) is 18.4 Å². The van der Waals surface area contributed by atoms with E-state index in [1.165, 1.54) is 42.3 Å². The molecule has 1 aliphatic rings. The maximum absolute atomic E-state index is 13.1. The van der Waals surface area contributed by atoms with Gasteiger partial charge >= 0.3 is 5.97 Å². The quantitative estimate of drug-likeness (QED) is 0.355. The third-order valence-electron chi connectivity index (χ3n) is 5.50. The van der Waals surface area contributed by atoms with Crippen molar-refractivity contribution in [3.05, 3.63) is 51.9 Å². The maximum Gasteiger partial charge on any atom is 0.341 e. The molecule has 2 heterocycles. The number of esters is 1. The summed E-state index contributed by atoms with van der Waals surface area (Å²) in [6.45, 7) is 1.82. The molecular weight excluding hydrogens is 479 g/mol. The fraction of sp³-hybridized carbons (Fsp3) is 0.391. The number of fused-ring (bicyclic) bond motifs is 1. The number of thiophene rings is 1. The lowest BCUT2D eigenvalue weighted by atomic mass is 9.95. The Hall–Kier alpha value is -2.92. The minimum Gasteiger partial charge on any atom is -0.483 e. The number of aryl methyl sites for hydroxylation is 1. The number of carbonyl (C=O) groups excluding carboxylic acids is 2. The lowest BCUT2D eigenvalue weighted by Crippen LogP contribution is -2.17. The zero-order chi connectivity index (χ0) is 24.2. The Kier molecular flexibility index (Phi) is 7.52. The van der Waals surface area contributed by atoms with Crippen molar-refractivity contribution in [2.24, 2.45) is 7.05 Å². The molecule has 3 aromatic rings. The van der Waals surface area contributed by atoms with Gasteiger partial charge in [0.2, 0.25) is 5.91 Å². The molecule has 4 rings (SSSR count). The molecular formula is C23H25FN4O4S2. The van der Waals surface area contributed by atoms with Gasteiger partial charge in [0.15, 0.2) is 17.1 Å². The van der Waals surface area contributed by atoms with E-state index >= 15 is 0 Å². The largest absolute Gasteiger partial charge is 0.483 e. The molecule has 1 unspecified atom stereocenters. The summed E-state index contributed by atoms with van der Waals surface area (Å²) in [4.78, 5) is 26.2. The number of hydrogen-bond acceptors (Lipinski definition) is 8. The highest BCUT2D eigenvalue weighted by Crippen LogP contribution is 2.38. The Labute approximate surface area is 204 Å². The summed E-state index contributed by atoms with van der Waals surface area (Å²) in [7, 11) is 3.14. The molecule has 0 saturated heterocycles. The van der Waals surface area contributed by atoms with Crippen molar-refractivity contribution < 1.29 is 23.5 Å². The van der Waals surface area contributed by atoms with Gasteiger partial charge in [-0.3, -0.25) is 4.79 Å². The topological polar surface area (TPSA) is 95.3 Å². The van der Waals surface area contributed by atoms with Crippen LogP contribution in [0, 0.1) is 5.82 Å². The second-order valence-electron chi connectivity index (χ2n) is 7.86. The summed E-state index contributed by atoms with van der Waals surface area (Å²) in [6.07, 6.45) is 3.41. The van der Waals surface area contributed by atoms with E-state index in [0.717, 1.165) is 36.1 Å². The summed E-state index contributed by atoms with van der Waals surface area (Å²) in [6, 6.07) is 5.75. The normalized spacial score (nSPS) is 13.8. The fourth-order valence-electron chi connectivity index (χ4n) is 3.84. The van der Waals surface area contributed by atoms with Crippen LogP contribution >= 0.6 is 23.1 Å². The smallest absolute Gasteiger partial charge is 0.341 e. The van der Waals surface area contributed by atoms with Crippen LogP contribution < -0.4 is 10.1 Å². The van der Waals surface area contributed by atoms with Gasteiger partial charge < -0.3 is 19.4 Å². The molecule has 34 heavy (non-hydrogen) atoms. The third-order valence-corrected chi connectivity index (χ3v) is 7.73. The monoisotopic (exact) mass is 504 g/mol. The maximum atomic E-state index is 13.1. The zero-order valence-corrected chi connectivity index (χ0v) is 20.7. The molecule has 1 aliphatic carbocycles. The number of halogens is 1. The average molecular weight is 505 g/mol. The number of rotatable bonds is 8. The molecule has 180 valence electrons. The number of benzene rings is 1. The van der Waals surface area contributed by atoms with E-state index in [-0.39, 0.29) is 17.5 Å². The summed E-state index contributed by atoms with van der Waals surface area (Å²) in [5.41, 5.74) is 1.48. The molecule has 8 nitrogen and oxygen atoms in total. The standard InChI is InChI=1S/C23H25FN4O4S2/c1-13(32-15-10-8-14(24)9-11-15)20-26-27-23(28(20)2)33-12-18(29)25-21-19(22(30)31-3)16-6-4-5-7-17(16)34-21/h8-11,13H,4-7,12H2,1-3H3,(H,25,29). The van der Waals surface area contributed by atoms with E-state index in [4.69, 9.17) is 9.47 Å². The van der Waals surface area contributed by atoms with Crippen molar-refractivity contribution in [3.8, 4) is 5.75 Å². The number of thioether (sulfide) groups is 1. The van der Waals surface area contributed by atoms with Gasteiger partial charge in [-0.05, 0) is 62.4 Å². The number of anilines is 1. The molecule has 0 radical (unpaired) electrons. The van der Waals surface area contributed by atoms with Crippen LogP contribution in [-0.2, 0) is 29.4 Å². The van der Waals surface area contributed by atoms with Crippen LogP contribution in [-0.4, -0.2) is 39.5 Å². The molecule has 11 heteroatoms. The number of amides is 1. The van der Waals surface area contributed by atoms with Gasteiger partial charge in [-0.25, -0.2) is 9.18 Å². The number of nitrogens with zero attached hydrogens (tertiary/aromatic N) is 3. The molecule has 1 N–H and O–H groups in total. The predicted molar refractivity (Wildman–Crippen MR) is 128 cm³/mol. The Balaban J connectivity index is 1.39. The van der Waals surface area contributed by atoms with E-state index < -0.39 is 12.1 Å². The average Bonchev–Trinajstić information content (AvgIpc) is 3.38. The first-order valence-corrected chi connectivity index (χ1v) is 12.6. The van der Waals surface area contributed by atoms with Gasteiger partial charge in [0, 0.05) is 11.9 Å². The van der Waals surface area contributed by atoms with Gasteiger partial charge in [-0.1, -0.05) is 11.8 Å². The number of ether oxygens (including phenoxy) is 2. The zero-order valence-electron chi connectivity index (χ0n) is 19.1. The van der Waals surface area contributed by atoms with Crippen molar-refractivity contribution in [1.82, 2.24) is 14.8 Å². The van der Waals surface area contributed by atoms with E-state index in [1.807, 2.05) is 6.92 Å². The third kappa shape index (κ3) is 5.25. The Morgan fingerprint density at radius 1 is 1.24 bits per heavy atom. The molecule has 0 saturated carbocycles. The summed E-state index contributed by atoms with van der Waals surface area (Å²) >= 11 is 2.69. The first-order chi connectivity index (χ1) is 16.4. The summed E-state index contributed by atoms with van der Waals surface area (Å²) in [5.74, 6) is 0.195. The lowest BCUT2D eigenvalue weighted by Gasteiger charge is -2.14. The SMILES string of the molecule is COC(=O)c1c(NC(=O)CSc2nnc(C(C)Oc3ccc(F)cc3)n2C)sc2c1CCCC2. The van der Waals surface area contributed by atoms with Gasteiger partial charge in [0.25, 0.3) is 0 Å². The molecule has 2 aromatic heterocycles. The molecule has 1 aromatic carbocycles. The van der Waals surface area contributed by atoms with Crippen LogP contribution in [0.1, 0.15) is 52.5 Å². The van der Waals surface area contributed by atoms with Gasteiger partial charge in [-0.2, -0.15) is 0 Å². The number of nitrogens with one attached hydrogen (secondary N) is 1. The number of hydrogen-bond donors (Lipinski definition) is 1. The molecule has 0 bridgehead atoms. The first kappa shape index (κ1) is 24.2. The lowest BCUT2D eigenvalue weighted by molar-refractivity contribution is -0.113. The van der Waals surface area contributed by atoms with Crippen LogP contribution in [0.2, 0.25) is 0 Å². The van der Waals surface area contributed by atoms with E-state index in [1.54, 1.807) is 23.7 Å². The Morgan fingerprint density at radius 3 is 2.71 bits per heavy atom. The molecule has 0 aliphatic heterocycles. The van der Waals surface area contributed by atoms with Crippen molar-refractivity contribution in [2.45, 2.75) is 43.9 Å². The van der Waals surface area contributed by atoms with Crippen molar-refractivity contribution in [3.63, 3.8) is 0 Å². The van der Waals surface area contributed by atoms with E-state index in [2.05, 4.69) is 15.5 Å². The van der Waals surface area contributed by atoms with Crippen molar-refractivity contribution in [2.75, 3.05) is 18.2 Å². The van der Waals surface area contributed by atoms with Crippen molar-refractivity contribution in [1.29, 1.82) is 0 Å². The Morgan fingerprint density at radius 2 is 1.97 bits per heavy atom. The number of methoxy groups -OCH3 is 1. The first-order valence-electron chi connectivity index (χ1n) is 10.8. The van der Waals surface area contributed by atoms with Gasteiger partial charge in [-0.15, -0.1) is 21.5 Å². The Bertz CT molecular complexity index is 1190. The van der Waals surface area contributed by atoms with Crippen LogP contribution in [0.15, 0.2) is 29.4 Å². The second-order valence-corrected chi connectivity index (χ2v) is 9.90. The van der Waals surface area contributed by atoms with Crippen molar-refractivity contribution >= 4 is 40.0 Å². The minimum absolute atomic E-state index is 0.0996.